The Bertz CT molecular complexity index is 573. The molecule has 2 rings (SSSR count). The Kier molecular flexibility index (Phi) is 3.90. The summed E-state index contributed by atoms with van der Waals surface area (Å²) in [4.78, 5) is 8.46. The fraction of sp³-hybridized carbons (Fsp3) is 0.333. The lowest BCUT2D eigenvalue weighted by Gasteiger charge is -2.20. The van der Waals surface area contributed by atoms with Crippen molar-refractivity contribution in [2.45, 2.75) is 26.8 Å². The van der Waals surface area contributed by atoms with Crippen molar-refractivity contribution in [3.05, 3.63) is 58.4 Å². The van der Waals surface area contributed by atoms with Crippen molar-refractivity contribution in [2.75, 3.05) is 7.05 Å². The van der Waals surface area contributed by atoms with E-state index in [9.17, 15) is 4.39 Å². The van der Waals surface area contributed by atoms with Crippen molar-refractivity contribution in [2.24, 2.45) is 0 Å². The van der Waals surface area contributed by atoms with Gasteiger partial charge in [-0.2, -0.15) is 0 Å². The zero-order valence-corrected chi connectivity index (χ0v) is 11.7. The molecule has 0 radical (unpaired) electrons. The SMILES string of the molecule is CNC(c1ccnc(C)n1)c1c(C)cc(C)cc1F. The smallest absolute Gasteiger partial charge is 0.128 e. The van der Waals surface area contributed by atoms with Crippen LogP contribution in [0.15, 0.2) is 24.4 Å². The van der Waals surface area contributed by atoms with Crippen molar-refractivity contribution in [3.63, 3.8) is 0 Å². The van der Waals surface area contributed by atoms with Gasteiger partial charge < -0.3 is 5.32 Å². The predicted octanol–water partition coefficient (Wildman–Crippen LogP) is 2.85. The van der Waals surface area contributed by atoms with Crippen LogP contribution >= 0.6 is 0 Å². The molecule has 0 spiro atoms. The van der Waals surface area contributed by atoms with E-state index in [4.69, 9.17) is 0 Å². The largest absolute Gasteiger partial charge is 0.308 e. The summed E-state index contributed by atoms with van der Waals surface area (Å²) in [5.74, 6) is 0.482. The van der Waals surface area contributed by atoms with Crippen LogP contribution in [0.1, 0.15) is 34.3 Å². The quantitative estimate of drug-likeness (QED) is 0.921. The second-order valence-electron chi connectivity index (χ2n) is 4.73. The van der Waals surface area contributed by atoms with E-state index in [1.807, 2.05) is 32.9 Å². The predicted molar refractivity (Wildman–Crippen MR) is 73.5 cm³/mol. The maximum absolute atomic E-state index is 14.3. The van der Waals surface area contributed by atoms with Gasteiger partial charge in [-0.05, 0) is 51.1 Å². The third kappa shape index (κ3) is 2.79. The lowest BCUT2D eigenvalue weighted by Crippen LogP contribution is -2.21. The minimum atomic E-state index is -0.262. The van der Waals surface area contributed by atoms with E-state index in [0.29, 0.717) is 11.4 Å². The van der Waals surface area contributed by atoms with E-state index in [-0.39, 0.29) is 11.9 Å². The molecule has 0 saturated carbocycles. The lowest BCUT2D eigenvalue weighted by atomic mass is 9.96. The average molecular weight is 259 g/mol. The number of rotatable bonds is 3. The number of nitrogens with one attached hydrogen (secondary N) is 1. The molecule has 0 bridgehead atoms. The van der Waals surface area contributed by atoms with Crippen LogP contribution in [-0.4, -0.2) is 17.0 Å². The molecule has 1 aromatic heterocycles. The van der Waals surface area contributed by atoms with Gasteiger partial charge in [-0.25, -0.2) is 14.4 Å². The first kappa shape index (κ1) is 13.6. The number of benzene rings is 1. The van der Waals surface area contributed by atoms with Crippen LogP contribution in [0.2, 0.25) is 0 Å². The van der Waals surface area contributed by atoms with Gasteiger partial charge in [-0.1, -0.05) is 6.07 Å². The summed E-state index contributed by atoms with van der Waals surface area (Å²) in [5, 5.41) is 3.13. The van der Waals surface area contributed by atoms with Crippen LogP contribution in [0.3, 0.4) is 0 Å². The third-order valence-electron chi connectivity index (χ3n) is 3.15. The average Bonchev–Trinajstić information content (AvgIpc) is 2.33. The van der Waals surface area contributed by atoms with Crippen LogP contribution in [0.5, 0.6) is 0 Å². The molecule has 0 aliphatic rings. The van der Waals surface area contributed by atoms with Crippen molar-refractivity contribution in [3.8, 4) is 0 Å². The topological polar surface area (TPSA) is 37.8 Å². The van der Waals surface area contributed by atoms with E-state index in [2.05, 4.69) is 15.3 Å². The highest BCUT2D eigenvalue weighted by molar-refractivity contribution is 5.38. The van der Waals surface area contributed by atoms with E-state index >= 15 is 0 Å². The van der Waals surface area contributed by atoms with Gasteiger partial charge in [0.1, 0.15) is 11.6 Å². The Hall–Kier alpha value is -1.81. The Labute approximate surface area is 112 Å². The van der Waals surface area contributed by atoms with Crippen LogP contribution in [0.4, 0.5) is 4.39 Å². The van der Waals surface area contributed by atoms with E-state index < -0.39 is 0 Å². The first-order chi connectivity index (χ1) is 9.02. The zero-order valence-electron chi connectivity index (χ0n) is 11.7. The van der Waals surface area contributed by atoms with Crippen molar-refractivity contribution >= 4 is 0 Å². The standard InChI is InChI=1S/C15H18FN3/c1-9-7-10(2)14(12(16)8-9)15(17-4)13-5-6-18-11(3)19-13/h5-8,15,17H,1-4H3. The fourth-order valence-electron chi connectivity index (χ4n) is 2.37. The summed E-state index contributed by atoms with van der Waals surface area (Å²) >= 11 is 0. The summed E-state index contributed by atoms with van der Waals surface area (Å²) in [6.45, 7) is 5.64. The van der Waals surface area contributed by atoms with Gasteiger partial charge in [0, 0.05) is 11.8 Å². The van der Waals surface area contributed by atoms with Gasteiger partial charge >= 0.3 is 0 Å². The summed E-state index contributed by atoms with van der Waals surface area (Å²) in [5.41, 5.74) is 3.27. The molecule has 1 heterocycles. The minimum absolute atomic E-state index is 0.201. The van der Waals surface area contributed by atoms with Crippen LogP contribution in [0.25, 0.3) is 0 Å². The number of aryl methyl sites for hydroxylation is 3. The number of aromatic nitrogens is 2. The van der Waals surface area contributed by atoms with Gasteiger partial charge in [0.2, 0.25) is 0 Å². The van der Waals surface area contributed by atoms with Crippen molar-refractivity contribution < 1.29 is 4.39 Å². The van der Waals surface area contributed by atoms with E-state index in [1.165, 1.54) is 0 Å². The molecule has 19 heavy (non-hydrogen) atoms. The highest BCUT2D eigenvalue weighted by Crippen LogP contribution is 2.27. The molecule has 3 nitrogen and oxygen atoms in total. The normalized spacial score (nSPS) is 12.5. The van der Waals surface area contributed by atoms with E-state index in [1.54, 1.807) is 19.3 Å². The van der Waals surface area contributed by atoms with Crippen LogP contribution in [-0.2, 0) is 0 Å². The Morgan fingerprint density at radius 3 is 2.53 bits per heavy atom. The fourth-order valence-corrected chi connectivity index (χ4v) is 2.37. The van der Waals surface area contributed by atoms with Gasteiger partial charge in [-0.3, -0.25) is 0 Å². The summed E-state index contributed by atoms with van der Waals surface area (Å²) in [6.07, 6.45) is 1.70. The maximum Gasteiger partial charge on any atom is 0.128 e. The number of hydrogen-bond donors (Lipinski definition) is 1. The molecular weight excluding hydrogens is 241 g/mol. The molecule has 100 valence electrons. The van der Waals surface area contributed by atoms with E-state index in [0.717, 1.165) is 16.8 Å². The summed E-state index contributed by atoms with van der Waals surface area (Å²) < 4.78 is 14.3. The number of nitrogens with zero attached hydrogens (tertiary/aromatic N) is 2. The first-order valence-electron chi connectivity index (χ1n) is 6.26. The molecule has 0 amide bonds. The van der Waals surface area contributed by atoms with Crippen LogP contribution < -0.4 is 5.32 Å². The summed E-state index contributed by atoms with van der Waals surface area (Å²) in [7, 11) is 1.81. The molecule has 2 aromatic rings. The Balaban J connectivity index is 2.54. The third-order valence-corrected chi connectivity index (χ3v) is 3.15. The Morgan fingerprint density at radius 2 is 1.95 bits per heavy atom. The molecule has 1 atom stereocenters. The number of hydrogen-bond acceptors (Lipinski definition) is 3. The molecule has 1 unspecified atom stereocenters. The van der Waals surface area contributed by atoms with Gasteiger partial charge in [0.05, 0.1) is 11.7 Å². The molecule has 0 saturated heterocycles. The second kappa shape index (κ2) is 5.45. The minimum Gasteiger partial charge on any atom is -0.308 e. The summed E-state index contributed by atoms with van der Waals surface area (Å²) in [6, 6.07) is 5.09. The highest BCUT2D eigenvalue weighted by atomic mass is 19.1. The molecule has 0 fully saturated rings. The second-order valence-corrected chi connectivity index (χ2v) is 4.73. The van der Waals surface area contributed by atoms with Gasteiger partial charge in [0.15, 0.2) is 0 Å². The van der Waals surface area contributed by atoms with Crippen molar-refractivity contribution in [1.29, 1.82) is 0 Å². The van der Waals surface area contributed by atoms with Crippen LogP contribution in [0, 0.1) is 26.6 Å². The van der Waals surface area contributed by atoms with Gasteiger partial charge in [0.25, 0.3) is 0 Å². The molecule has 0 aliphatic heterocycles. The zero-order chi connectivity index (χ0) is 14.0. The van der Waals surface area contributed by atoms with Crippen molar-refractivity contribution in [1.82, 2.24) is 15.3 Å². The highest BCUT2D eigenvalue weighted by Gasteiger charge is 2.20. The molecule has 0 aliphatic carbocycles. The lowest BCUT2D eigenvalue weighted by molar-refractivity contribution is 0.565. The Morgan fingerprint density at radius 1 is 1.21 bits per heavy atom. The number of halogens is 1. The molecule has 4 heteroatoms. The monoisotopic (exact) mass is 259 g/mol. The first-order valence-corrected chi connectivity index (χ1v) is 6.26. The maximum atomic E-state index is 14.3. The molecule has 1 aromatic carbocycles. The molecule has 1 N–H and O–H groups in total. The van der Waals surface area contributed by atoms with Gasteiger partial charge in [-0.15, -0.1) is 0 Å². The molecular formula is C15H18FN3.